The average Bonchev–Trinajstić information content (AvgIpc) is 3.34. The van der Waals surface area contributed by atoms with Crippen molar-refractivity contribution in [2.75, 3.05) is 18.4 Å². The molecule has 2 aromatic heterocycles. The highest BCUT2D eigenvalue weighted by Crippen LogP contribution is 2.32. The molecule has 0 unspecified atom stereocenters. The monoisotopic (exact) mass is 566 g/mol. The van der Waals surface area contributed by atoms with E-state index < -0.39 is 24.0 Å². The van der Waals surface area contributed by atoms with Crippen molar-refractivity contribution in [1.29, 1.82) is 0 Å². The SMILES string of the molecule is CCc1cc(Nc2nccn3c(-c4ccc(OC(F)F)c(F)c4F)cnc23)ccc1C(=O)NCCCCN.Cl. The third kappa shape index (κ3) is 6.58. The summed E-state index contributed by atoms with van der Waals surface area (Å²) in [7, 11) is 0. The van der Waals surface area contributed by atoms with Gasteiger partial charge in [-0.2, -0.15) is 13.2 Å². The van der Waals surface area contributed by atoms with Crippen LogP contribution in [0.25, 0.3) is 16.9 Å². The number of unbranched alkanes of at least 4 members (excludes halogenated alkanes) is 1. The van der Waals surface area contributed by atoms with Gasteiger partial charge in [0.15, 0.2) is 23.0 Å². The Kier molecular flexibility index (Phi) is 10.1. The first-order valence-corrected chi connectivity index (χ1v) is 12.0. The number of rotatable bonds is 11. The minimum atomic E-state index is -3.29. The predicted molar refractivity (Wildman–Crippen MR) is 142 cm³/mol. The number of anilines is 2. The number of alkyl halides is 2. The number of imidazole rings is 1. The topological polar surface area (TPSA) is 107 Å². The summed E-state index contributed by atoms with van der Waals surface area (Å²) in [6.07, 6.45) is 6.53. The molecule has 39 heavy (non-hydrogen) atoms. The summed E-state index contributed by atoms with van der Waals surface area (Å²) in [5.74, 6) is -3.60. The minimum Gasteiger partial charge on any atom is -0.432 e. The fraction of sp³-hybridized carbons (Fsp3) is 0.269. The molecule has 2 aromatic carbocycles. The van der Waals surface area contributed by atoms with Crippen molar-refractivity contribution in [3.8, 4) is 17.0 Å². The lowest BCUT2D eigenvalue weighted by Gasteiger charge is -2.13. The van der Waals surface area contributed by atoms with E-state index >= 15 is 0 Å². The van der Waals surface area contributed by atoms with Gasteiger partial charge in [-0.3, -0.25) is 9.20 Å². The fourth-order valence-electron chi connectivity index (χ4n) is 4.01. The first-order chi connectivity index (χ1) is 18.3. The smallest absolute Gasteiger partial charge is 0.387 e. The molecule has 8 nitrogen and oxygen atoms in total. The minimum absolute atomic E-state index is 0. The molecule has 0 aliphatic rings. The van der Waals surface area contributed by atoms with Crippen LogP contribution < -0.4 is 21.1 Å². The highest BCUT2D eigenvalue weighted by atomic mass is 35.5. The van der Waals surface area contributed by atoms with Gasteiger partial charge in [-0.15, -0.1) is 12.4 Å². The standard InChI is InChI=1S/C26H26F4N6O2.ClH/c1-2-15-13-16(5-6-17(15)25(37)33-10-4-3-9-31)35-23-24-34-14-19(36(24)12-11-32-23)18-7-8-20(38-26(29)30)22(28)21(18)27;/h5-8,11-14,26H,2-4,9-10,31H2,1H3,(H,32,35)(H,33,37);1H. The van der Waals surface area contributed by atoms with Gasteiger partial charge >= 0.3 is 6.61 Å². The summed E-state index contributed by atoms with van der Waals surface area (Å²) in [4.78, 5) is 21.2. The predicted octanol–water partition coefficient (Wildman–Crippen LogP) is 5.47. The van der Waals surface area contributed by atoms with Gasteiger partial charge in [0.25, 0.3) is 5.91 Å². The molecule has 0 spiro atoms. The number of nitrogens with zero attached hydrogens (tertiary/aromatic N) is 3. The van der Waals surface area contributed by atoms with Crippen molar-refractivity contribution in [2.24, 2.45) is 5.73 Å². The second-order valence-electron chi connectivity index (χ2n) is 8.33. The largest absolute Gasteiger partial charge is 0.432 e. The van der Waals surface area contributed by atoms with Gasteiger partial charge in [0.2, 0.25) is 5.82 Å². The van der Waals surface area contributed by atoms with Gasteiger partial charge in [-0.1, -0.05) is 6.92 Å². The number of nitrogens with one attached hydrogen (secondary N) is 2. The maximum Gasteiger partial charge on any atom is 0.387 e. The number of fused-ring (bicyclic) bond motifs is 1. The van der Waals surface area contributed by atoms with Crippen molar-refractivity contribution in [1.82, 2.24) is 19.7 Å². The average molecular weight is 567 g/mol. The van der Waals surface area contributed by atoms with Crippen LogP contribution in [0, 0.1) is 11.6 Å². The third-order valence-electron chi connectivity index (χ3n) is 5.88. The van der Waals surface area contributed by atoms with E-state index in [1.165, 1.54) is 23.0 Å². The molecular formula is C26H27ClF4N6O2. The number of hydrogen-bond donors (Lipinski definition) is 3. The van der Waals surface area contributed by atoms with E-state index in [2.05, 4.69) is 25.3 Å². The van der Waals surface area contributed by atoms with Crippen LogP contribution in [0.2, 0.25) is 0 Å². The first kappa shape index (κ1) is 29.7. The number of carbonyl (C=O) groups is 1. The van der Waals surface area contributed by atoms with Gasteiger partial charge in [0.05, 0.1) is 11.9 Å². The van der Waals surface area contributed by atoms with Gasteiger partial charge in [0.1, 0.15) is 0 Å². The van der Waals surface area contributed by atoms with E-state index in [1.807, 2.05) is 13.0 Å². The van der Waals surface area contributed by atoms with Crippen LogP contribution in [0.5, 0.6) is 5.75 Å². The zero-order valence-electron chi connectivity index (χ0n) is 20.9. The highest BCUT2D eigenvalue weighted by Gasteiger charge is 2.21. The summed E-state index contributed by atoms with van der Waals surface area (Å²) in [6, 6.07) is 7.36. The Bertz CT molecular complexity index is 1450. The van der Waals surface area contributed by atoms with Crippen molar-refractivity contribution < 1.29 is 27.1 Å². The molecule has 0 fully saturated rings. The number of aryl methyl sites for hydroxylation is 1. The maximum absolute atomic E-state index is 14.7. The molecule has 0 bridgehead atoms. The Hall–Kier alpha value is -3.90. The molecule has 0 saturated carbocycles. The third-order valence-corrected chi connectivity index (χ3v) is 5.88. The Balaban J connectivity index is 0.00000420. The number of halogens is 5. The Labute approximate surface area is 228 Å². The number of aromatic nitrogens is 3. The van der Waals surface area contributed by atoms with Gasteiger partial charge in [-0.05, 0) is 61.7 Å². The van der Waals surface area contributed by atoms with Crippen molar-refractivity contribution in [2.45, 2.75) is 32.8 Å². The van der Waals surface area contributed by atoms with Crippen molar-refractivity contribution in [3.63, 3.8) is 0 Å². The van der Waals surface area contributed by atoms with Crippen LogP contribution >= 0.6 is 12.4 Å². The second-order valence-corrected chi connectivity index (χ2v) is 8.33. The molecule has 0 aliphatic carbocycles. The number of nitrogens with two attached hydrogens (primary N) is 1. The summed E-state index contributed by atoms with van der Waals surface area (Å²) >= 11 is 0. The van der Waals surface area contributed by atoms with Gasteiger partial charge in [-0.25, -0.2) is 14.4 Å². The number of ether oxygens (including phenoxy) is 1. The normalized spacial score (nSPS) is 10.9. The molecule has 13 heteroatoms. The molecule has 4 N–H and O–H groups in total. The Morgan fingerprint density at radius 2 is 1.92 bits per heavy atom. The summed E-state index contributed by atoms with van der Waals surface area (Å²) < 4.78 is 59.5. The number of hydrogen-bond acceptors (Lipinski definition) is 6. The summed E-state index contributed by atoms with van der Waals surface area (Å²) in [5, 5.41) is 6.06. The maximum atomic E-state index is 14.7. The van der Waals surface area contributed by atoms with E-state index in [1.54, 1.807) is 12.1 Å². The van der Waals surface area contributed by atoms with Crippen molar-refractivity contribution >= 4 is 35.5 Å². The first-order valence-electron chi connectivity index (χ1n) is 12.0. The van der Waals surface area contributed by atoms with E-state index in [4.69, 9.17) is 5.73 Å². The molecule has 0 saturated heterocycles. The van der Waals surface area contributed by atoms with E-state index in [0.717, 1.165) is 30.5 Å². The fourth-order valence-corrected chi connectivity index (χ4v) is 4.01. The molecule has 1 amide bonds. The Morgan fingerprint density at radius 1 is 1.13 bits per heavy atom. The quantitative estimate of drug-likeness (QED) is 0.164. The zero-order chi connectivity index (χ0) is 27.2. The molecule has 0 radical (unpaired) electrons. The molecule has 0 atom stereocenters. The molecule has 2 heterocycles. The number of amides is 1. The molecular weight excluding hydrogens is 540 g/mol. The summed E-state index contributed by atoms with van der Waals surface area (Å²) in [5.41, 5.74) is 7.84. The van der Waals surface area contributed by atoms with Crippen LogP contribution in [-0.4, -0.2) is 40.0 Å². The van der Waals surface area contributed by atoms with E-state index in [0.29, 0.717) is 42.2 Å². The number of benzene rings is 2. The number of carbonyl (C=O) groups excluding carboxylic acids is 1. The zero-order valence-corrected chi connectivity index (χ0v) is 21.7. The molecule has 0 aliphatic heterocycles. The lowest BCUT2D eigenvalue weighted by Crippen LogP contribution is -2.26. The molecule has 208 valence electrons. The summed E-state index contributed by atoms with van der Waals surface area (Å²) in [6.45, 7) is -0.234. The van der Waals surface area contributed by atoms with Crippen LogP contribution in [0.4, 0.5) is 29.1 Å². The molecule has 4 aromatic rings. The Morgan fingerprint density at radius 3 is 2.64 bits per heavy atom. The lowest BCUT2D eigenvalue weighted by atomic mass is 10.0. The van der Waals surface area contributed by atoms with E-state index in [-0.39, 0.29) is 29.6 Å². The highest BCUT2D eigenvalue weighted by molar-refractivity contribution is 5.96. The van der Waals surface area contributed by atoms with Crippen LogP contribution in [-0.2, 0) is 6.42 Å². The van der Waals surface area contributed by atoms with Crippen molar-refractivity contribution in [3.05, 3.63) is 71.7 Å². The second kappa shape index (κ2) is 13.3. The van der Waals surface area contributed by atoms with Crippen LogP contribution in [0.3, 0.4) is 0 Å². The van der Waals surface area contributed by atoms with Crippen LogP contribution in [0.15, 0.2) is 48.9 Å². The van der Waals surface area contributed by atoms with Crippen LogP contribution in [0.1, 0.15) is 35.7 Å². The van der Waals surface area contributed by atoms with Gasteiger partial charge < -0.3 is 21.1 Å². The van der Waals surface area contributed by atoms with E-state index in [9.17, 15) is 22.4 Å². The lowest BCUT2D eigenvalue weighted by molar-refractivity contribution is -0.0525. The van der Waals surface area contributed by atoms with Gasteiger partial charge in [0, 0.05) is 35.8 Å². The molecule has 4 rings (SSSR count).